The number of rotatable bonds is 5. The van der Waals surface area contributed by atoms with Crippen LogP contribution < -0.4 is 10.1 Å². The fourth-order valence-corrected chi connectivity index (χ4v) is 1.70. The number of carbonyl (C=O) groups excluding carboxylic acids is 2. The summed E-state index contributed by atoms with van der Waals surface area (Å²) in [6, 6.07) is 3.47. The van der Waals surface area contributed by atoms with Gasteiger partial charge in [0, 0.05) is 12.1 Å². The Bertz CT molecular complexity index is 466. The maximum Gasteiger partial charge on any atom is 0.292 e. The molecule has 98 valence electrons. The second-order valence-electron chi connectivity index (χ2n) is 4.22. The molecule has 0 radical (unpaired) electrons. The monoisotopic (exact) mass is 249 g/mol. The molecule has 0 saturated carbocycles. The highest BCUT2D eigenvalue weighted by atomic mass is 16.5. The first-order chi connectivity index (χ1) is 8.51. The standard InChI is InChI=1S/C14H19NO3/c1-5-6-15-14(17)13(16)11-7-10(3)12(18-4)8-9(11)2/h7-8H,5-6H2,1-4H3,(H,15,17). The maximum atomic E-state index is 12.0. The van der Waals surface area contributed by atoms with Crippen LogP contribution in [0.4, 0.5) is 0 Å². The van der Waals surface area contributed by atoms with Crippen LogP contribution in [0.25, 0.3) is 0 Å². The predicted octanol–water partition coefficient (Wildman–Crippen LogP) is 2.02. The number of ketones is 1. The molecule has 0 atom stereocenters. The predicted molar refractivity (Wildman–Crippen MR) is 70.1 cm³/mol. The lowest BCUT2D eigenvalue weighted by molar-refractivity contribution is -0.117. The van der Waals surface area contributed by atoms with Crippen molar-refractivity contribution >= 4 is 11.7 Å². The summed E-state index contributed by atoms with van der Waals surface area (Å²) < 4.78 is 5.17. The van der Waals surface area contributed by atoms with Crippen molar-refractivity contribution in [1.82, 2.24) is 5.32 Å². The lowest BCUT2D eigenvalue weighted by Gasteiger charge is -2.10. The van der Waals surface area contributed by atoms with E-state index >= 15 is 0 Å². The minimum Gasteiger partial charge on any atom is -0.496 e. The zero-order valence-electron chi connectivity index (χ0n) is 11.3. The zero-order chi connectivity index (χ0) is 13.7. The largest absolute Gasteiger partial charge is 0.496 e. The molecule has 18 heavy (non-hydrogen) atoms. The van der Waals surface area contributed by atoms with Crippen LogP contribution in [0.15, 0.2) is 12.1 Å². The minimum atomic E-state index is -0.551. The Hall–Kier alpha value is -1.84. The quantitative estimate of drug-likeness (QED) is 0.641. The molecule has 0 aliphatic rings. The summed E-state index contributed by atoms with van der Waals surface area (Å²) in [6.45, 7) is 6.09. The molecule has 4 nitrogen and oxygen atoms in total. The van der Waals surface area contributed by atoms with Crippen molar-refractivity contribution in [3.63, 3.8) is 0 Å². The van der Waals surface area contributed by atoms with Crippen molar-refractivity contribution in [2.24, 2.45) is 0 Å². The average Bonchev–Trinajstić information content (AvgIpc) is 2.37. The van der Waals surface area contributed by atoms with E-state index < -0.39 is 11.7 Å². The van der Waals surface area contributed by atoms with Gasteiger partial charge in [0.2, 0.25) is 5.78 Å². The van der Waals surface area contributed by atoms with Gasteiger partial charge in [-0.1, -0.05) is 6.92 Å². The molecule has 1 aromatic carbocycles. The Kier molecular flexibility index (Phi) is 4.89. The van der Waals surface area contributed by atoms with E-state index in [0.29, 0.717) is 12.1 Å². The molecule has 0 saturated heterocycles. The van der Waals surface area contributed by atoms with Gasteiger partial charge in [-0.05, 0) is 43.5 Å². The third-order valence-corrected chi connectivity index (χ3v) is 2.73. The maximum absolute atomic E-state index is 12.0. The van der Waals surface area contributed by atoms with Crippen LogP contribution in [0, 0.1) is 13.8 Å². The highest BCUT2D eigenvalue weighted by Crippen LogP contribution is 2.22. The molecular weight excluding hydrogens is 230 g/mol. The molecule has 0 fully saturated rings. The van der Waals surface area contributed by atoms with Gasteiger partial charge >= 0.3 is 0 Å². The van der Waals surface area contributed by atoms with Crippen LogP contribution >= 0.6 is 0 Å². The summed E-state index contributed by atoms with van der Waals surface area (Å²) in [5, 5.41) is 2.59. The molecule has 1 rings (SSSR count). The molecular formula is C14H19NO3. The number of hydrogen-bond acceptors (Lipinski definition) is 3. The van der Waals surface area contributed by atoms with Gasteiger partial charge < -0.3 is 10.1 Å². The van der Waals surface area contributed by atoms with E-state index in [1.54, 1.807) is 26.2 Å². The van der Waals surface area contributed by atoms with Gasteiger partial charge in [-0.15, -0.1) is 0 Å². The molecule has 0 aliphatic carbocycles. The number of aryl methyl sites for hydroxylation is 2. The number of ether oxygens (including phenoxy) is 1. The van der Waals surface area contributed by atoms with E-state index in [9.17, 15) is 9.59 Å². The molecule has 0 aromatic heterocycles. The Morgan fingerprint density at radius 3 is 2.44 bits per heavy atom. The van der Waals surface area contributed by atoms with Gasteiger partial charge in [-0.2, -0.15) is 0 Å². The normalized spacial score (nSPS) is 10.0. The topological polar surface area (TPSA) is 55.4 Å². The SMILES string of the molecule is CCCNC(=O)C(=O)c1cc(C)c(OC)cc1C. The smallest absolute Gasteiger partial charge is 0.292 e. The third-order valence-electron chi connectivity index (χ3n) is 2.73. The number of hydrogen-bond donors (Lipinski definition) is 1. The first-order valence-electron chi connectivity index (χ1n) is 5.99. The van der Waals surface area contributed by atoms with Crippen molar-refractivity contribution in [2.45, 2.75) is 27.2 Å². The second kappa shape index (κ2) is 6.19. The summed E-state index contributed by atoms with van der Waals surface area (Å²) in [5.74, 6) is -0.325. The molecule has 4 heteroatoms. The second-order valence-corrected chi connectivity index (χ2v) is 4.22. The Labute approximate surface area is 107 Å². The summed E-state index contributed by atoms with van der Waals surface area (Å²) in [5.41, 5.74) is 2.02. The van der Waals surface area contributed by atoms with Crippen LogP contribution in [0.2, 0.25) is 0 Å². The number of benzene rings is 1. The number of carbonyl (C=O) groups is 2. The lowest BCUT2D eigenvalue weighted by atomic mass is 10.0. The summed E-state index contributed by atoms with van der Waals surface area (Å²) in [4.78, 5) is 23.6. The Morgan fingerprint density at radius 2 is 1.89 bits per heavy atom. The zero-order valence-corrected chi connectivity index (χ0v) is 11.3. The van der Waals surface area contributed by atoms with Crippen molar-refractivity contribution < 1.29 is 14.3 Å². The molecule has 0 unspecified atom stereocenters. The summed E-state index contributed by atoms with van der Waals surface area (Å²) in [7, 11) is 1.58. The van der Waals surface area contributed by atoms with Gasteiger partial charge in [-0.3, -0.25) is 9.59 Å². The van der Waals surface area contributed by atoms with Crippen molar-refractivity contribution in [2.75, 3.05) is 13.7 Å². The minimum absolute atomic E-state index is 0.432. The van der Waals surface area contributed by atoms with Crippen LogP contribution in [0.3, 0.4) is 0 Å². The average molecular weight is 249 g/mol. The van der Waals surface area contributed by atoms with Gasteiger partial charge in [0.25, 0.3) is 5.91 Å². The van der Waals surface area contributed by atoms with E-state index in [4.69, 9.17) is 4.74 Å². The van der Waals surface area contributed by atoms with Gasteiger partial charge in [0.15, 0.2) is 0 Å². The number of nitrogens with one attached hydrogen (secondary N) is 1. The highest BCUT2D eigenvalue weighted by Gasteiger charge is 2.18. The Morgan fingerprint density at radius 1 is 1.22 bits per heavy atom. The number of Topliss-reactive ketones (excluding diaryl/α,β-unsaturated/α-hetero) is 1. The van der Waals surface area contributed by atoms with Crippen LogP contribution in [-0.4, -0.2) is 25.3 Å². The molecule has 0 spiro atoms. The van der Waals surface area contributed by atoms with Crippen molar-refractivity contribution in [3.05, 3.63) is 28.8 Å². The number of methoxy groups -OCH3 is 1. The Balaban J connectivity index is 2.99. The fraction of sp³-hybridized carbons (Fsp3) is 0.429. The molecule has 1 amide bonds. The number of amides is 1. The van der Waals surface area contributed by atoms with E-state index in [1.807, 2.05) is 13.8 Å². The van der Waals surface area contributed by atoms with Crippen LogP contribution in [-0.2, 0) is 4.79 Å². The molecule has 0 aliphatic heterocycles. The van der Waals surface area contributed by atoms with Crippen molar-refractivity contribution in [1.29, 1.82) is 0 Å². The highest BCUT2D eigenvalue weighted by molar-refractivity contribution is 6.43. The third kappa shape index (κ3) is 3.09. The van der Waals surface area contributed by atoms with E-state index in [0.717, 1.165) is 23.3 Å². The van der Waals surface area contributed by atoms with E-state index in [-0.39, 0.29) is 0 Å². The first kappa shape index (κ1) is 14.2. The van der Waals surface area contributed by atoms with Gasteiger partial charge in [0.05, 0.1) is 7.11 Å². The first-order valence-corrected chi connectivity index (χ1v) is 5.99. The van der Waals surface area contributed by atoms with Crippen LogP contribution in [0.1, 0.15) is 34.8 Å². The molecule has 0 bridgehead atoms. The van der Waals surface area contributed by atoms with E-state index in [1.165, 1.54) is 0 Å². The fourth-order valence-electron chi connectivity index (χ4n) is 1.70. The van der Waals surface area contributed by atoms with Gasteiger partial charge in [0.1, 0.15) is 5.75 Å². The molecule has 1 N–H and O–H groups in total. The van der Waals surface area contributed by atoms with Crippen LogP contribution in [0.5, 0.6) is 5.75 Å². The molecule has 0 heterocycles. The summed E-state index contributed by atoms with van der Waals surface area (Å²) in [6.07, 6.45) is 0.805. The molecule has 1 aromatic rings. The van der Waals surface area contributed by atoms with E-state index in [2.05, 4.69) is 5.32 Å². The van der Waals surface area contributed by atoms with Crippen molar-refractivity contribution in [3.8, 4) is 5.75 Å². The lowest BCUT2D eigenvalue weighted by Crippen LogP contribution is -2.32. The summed E-state index contributed by atoms with van der Waals surface area (Å²) >= 11 is 0. The van der Waals surface area contributed by atoms with Gasteiger partial charge in [-0.25, -0.2) is 0 Å².